The van der Waals surface area contributed by atoms with Gasteiger partial charge in [-0.1, -0.05) is 86.0 Å². The van der Waals surface area contributed by atoms with E-state index in [9.17, 15) is 9.59 Å². The van der Waals surface area contributed by atoms with Crippen LogP contribution < -0.4 is 15.8 Å². The number of rotatable bonds is 13. The average molecular weight is 514 g/mol. The summed E-state index contributed by atoms with van der Waals surface area (Å²) in [5.74, 6) is 0.649. The van der Waals surface area contributed by atoms with Crippen molar-refractivity contribution in [2.75, 3.05) is 13.1 Å². The molecule has 1 unspecified atom stereocenters. The van der Waals surface area contributed by atoms with Crippen molar-refractivity contribution in [3.8, 4) is 5.75 Å². The molecule has 0 bridgehead atoms. The predicted octanol–water partition coefficient (Wildman–Crippen LogP) is 4.79. The number of nitrogens with zero attached hydrogens (tertiary/aromatic N) is 1. The summed E-state index contributed by atoms with van der Waals surface area (Å²) in [6.45, 7) is 2.31. The van der Waals surface area contributed by atoms with Crippen LogP contribution in [0.4, 0.5) is 0 Å². The molecule has 0 aliphatic carbocycles. The first kappa shape index (κ1) is 27.4. The van der Waals surface area contributed by atoms with E-state index in [0.29, 0.717) is 26.1 Å². The van der Waals surface area contributed by atoms with E-state index in [4.69, 9.17) is 10.5 Å². The van der Waals surface area contributed by atoms with Crippen LogP contribution in [0.3, 0.4) is 0 Å². The van der Waals surface area contributed by atoms with Gasteiger partial charge in [-0.15, -0.1) is 0 Å². The molecule has 3 aromatic rings. The van der Waals surface area contributed by atoms with Gasteiger partial charge in [0.25, 0.3) is 0 Å². The lowest BCUT2D eigenvalue weighted by Crippen LogP contribution is -2.53. The summed E-state index contributed by atoms with van der Waals surface area (Å²) in [7, 11) is 0. The molecule has 1 atom stereocenters. The Hall–Kier alpha value is -3.64. The standard InChI is InChI=1S/C32H39N3O3/c33-19-9-2-1-3-10-20-34-32(37)30-22-27-13-7-8-14-28(27)23-35(30)31(36)21-25-15-17-29(18-16-25)38-24-26-11-5-4-6-12-26/h4-8,11-18,30H,1-3,9-10,19-24,33H2,(H,34,37). The van der Waals surface area contributed by atoms with E-state index in [1.165, 1.54) is 0 Å². The van der Waals surface area contributed by atoms with Gasteiger partial charge in [0.1, 0.15) is 18.4 Å². The molecule has 0 spiro atoms. The fourth-order valence-electron chi connectivity index (χ4n) is 4.87. The summed E-state index contributed by atoms with van der Waals surface area (Å²) >= 11 is 0. The Morgan fingerprint density at radius 2 is 1.50 bits per heavy atom. The van der Waals surface area contributed by atoms with Gasteiger partial charge < -0.3 is 20.7 Å². The maximum Gasteiger partial charge on any atom is 0.243 e. The highest BCUT2D eigenvalue weighted by Crippen LogP contribution is 2.25. The van der Waals surface area contributed by atoms with Crippen LogP contribution in [-0.4, -0.2) is 35.8 Å². The molecule has 0 aromatic heterocycles. The maximum absolute atomic E-state index is 13.5. The molecule has 38 heavy (non-hydrogen) atoms. The van der Waals surface area contributed by atoms with Crippen LogP contribution in [0.5, 0.6) is 5.75 Å². The Balaban J connectivity index is 1.34. The van der Waals surface area contributed by atoms with Gasteiger partial charge in [0.2, 0.25) is 11.8 Å². The number of unbranched alkanes of at least 4 members (excludes halogenated alkanes) is 4. The molecule has 0 saturated carbocycles. The molecule has 2 amide bonds. The molecule has 6 nitrogen and oxygen atoms in total. The van der Waals surface area contributed by atoms with Gasteiger partial charge in [-0.05, 0) is 53.8 Å². The monoisotopic (exact) mass is 513 g/mol. The third kappa shape index (κ3) is 7.93. The molecule has 200 valence electrons. The number of amides is 2. The number of ether oxygens (including phenoxy) is 1. The highest BCUT2D eigenvalue weighted by molar-refractivity contribution is 5.89. The molecule has 1 aliphatic heterocycles. The minimum atomic E-state index is -0.497. The lowest BCUT2D eigenvalue weighted by atomic mass is 9.92. The molecule has 6 heteroatoms. The quantitative estimate of drug-likeness (QED) is 0.322. The third-order valence-electron chi connectivity index (χ3n) is 7.08. The second kappa shape index (κ2) is 14.3. The van der Waals surface area contributed by atoms with Crippen molar-refractivity contribution in [2.45, 2.75) is 64.1 Å². The smallest absolute Gasteiger partial charge is 0.243 e. The van der Waals surface area contributed by atoms with Crippen molar-refractivity contribution in [1.82, 2.24) is 10.2 Å². The van der Waals surface area contributed by atoms with E-state index in [1.807, 2.05) is 72.8 Å². The topological polar surface area (TPSA) is 84.7 Å². The van der Waals surface area contributed by atoms with Crippen molar-refractivity contribution < 1.29 is 14.3 Å². The lowest BCUT2D eigenvalue weighted by Gasteiger charge is -2.36. The maximum atomic E-state index is 13.5. The fraction of sp³-hybridized carbons (Fsp3) is 0.375. The van der Waals surface area contributed by atoms with Crippen LogP contribution in [0.25, 0.3) is 0 Å². The Morgan fingerprint density at radius 1 is 0.816 bits per heavy atom. The van der Waals surface area contributed by atoms with Crippen molar-refractivity contribution in [3.05, 3.63) is 101 Å². The second-order valence-electron chi connectivity index (χ2n) is 9.95. The summed E-state index contributed by atoms with van der Waals surface area (Å²) in [5.41, 5.74) is 9.80. The number of benzene rings is 3. The molecule has 3 N–H and O–H groups in total. The van der Waals surface area contributed by atoms with Crippen LogP contribution in [-0.2, 0) is 35.6 Å². The van der Waals surface area contributed by atoms with E-state index in [-0.39, 0.29) is 18.2 Å². The number of hydrogen-bond donors (Lipinski definition) is 2. The zero-order chi connectivity index (χ0) is 26.6. The number of nitrogens with one attached hydrogen (secondary N) is 1. The molecule has 4 rings (SSSR count). The summed E-state index contributed by atoms with van der Waals surface area (Å²) in [6.07, 6.45) is 6.10. The number of fused-ring (bicyclic) bond motifs is 1. The molecule has 3 aromatic carbocycles. The molecular formula is C32H39N3O3. The van der Waals surface area contributed by atoms with E-state index in [1.54, 1.807) is 4.90 Å². The van der Waals surface area contributed by atoms with Gasteiger partial charge in [-0.25, -0.2) is 0 Å². The molecule has 1 heterocycles. The van der Waals surface area contributed by atoms with Gasteiger partial charge in [0.15, 0.2) is 0 Å². The SMILES string of the molecule is NCCCCCCCNC(=O)C1Cc2ccccc2CN1C(=O)Cc1ccc(OCc2ccccc2)cc1. The number of nitrogens with two attached hydrogens (primary N) is 1. The Bertz CT molecular complexity index is 1160. The Morgan fingerprint density at radius 3 is 2.26 bits per heavy atom. The van der Waals surface area contributed by atoms with Gasteiger partial charge in [0.05, 0.1) is 6.42 Å². The first-order chi connectivity index (χ1) is 18.6. The number of carbonyl (C=O) groups is 2. The molecule has 0 saturated heterocycles. The first-order valence-electron chi connectivity index (χ1n) is 13.7. The van der Waals surface area contributed by atoms with Crippen LogP contribution >= 0.6 is 0 Å². The number of hydrogen-bond acceptors (Lipinski definition) is 4. The van der Waals surface area contributed by atoms with Crippen LogP contribution in [0.2, 0.25) is 0 Å². The summed E-state index contributed by atoms with van der Waals surface area (Å²) in [5, 5.41) is 3.08. The first-order valence-corrected chi connectivity index (χ1v) is 13.7. The van der Waals surface area contributed by atoms with Gasteiger partial charge in [-0.3, -0.25) is 9.59 Å². The molecule has 0 fully saturated rings. The summed E-state index contributed by atoms with van der Waals surface area (Å²) in [4.78, 5) is 28.4. The minimum Gasteiger partial charge on any atom is -0.489 e. The van der Waals surface area contributed by atoms with Crippen LogP contribution in [0, 0.1) is 0 Å². The summed E-state index contributed by atoms with van der Waals surface area (Å²) < 4.78 is 5.88. The highest BCUT2D eigenvalue weighted by atomic mass is 16.5. The van der Waals surface area contributed by atoms with Crippen molar-refractivity contribution in [3.63, 3.8) is 0 Å². The fourth-order valence-corrected chi connectivity index (χ4v) is 4.87. The Labute approximate surface area is 226 Å². The van der Waals surface area contributed by atoms with Crippen LogP contribution in [0.1, 0.15) is 54.4 Å². The van der Waals surface area contributed by atoms with E-state index < -0.39 is 6.04 Å². The molecule has 1 aliphatic rings. The molecular weight excluding hydrogens is 474 g/mol. The zero-order valence-corrected chi connectivity index (χ0v) is 22.1. The summed E-state index contributed by atoms with van der Waals surface area (Å²) in [6, 6.07) is 25.3. The van der Waals surface area contributed by atoms with Gasteiger partial charge in [-0.2, -0.15) is 0 Å². The average Bonchev–Trinajstić information content (AvgIpc) is 2.96. The molecule has 0 radical (unpaired) electrons. The minimum absolute atomic E-state index is 0.0422. The highest BCUT2D eigenvalue weighted by Gasteiger charge is 2.34. The second-order valence-corrected chi connectivity index (χ2v) is 9.95. The Kier molecular flexibility index (Phi) is 10.3. The van der Waals surface area contributed by atoms with E-state index in [2.05, 4.69) is 11.4 Å². The van der Waals surface area contributed by atoms with Crippen molar-refractivity contribution in [2.24, 2.45) is 5.73 Å². The van der Waals surface area contributed by atoms with Gasteiger partial charge >= 0.3 is 0 Å². The van der Waals surface area contributed by atoms with E-state index in [0.717, 1.165) is 66.7 Å². The largest absolute Gasteiger partial charge is 0.489 e. The third-order valence-corrected chi connectivity index (χ3v) is 7.08. The predicted molar refractivity (Wildman–Crippen MR) is 151 cm³/mol. The normalized spacial score (nSPS) is 14.6. The van der Waals surface area contributed by atoms with Crippen LogP contribution in [0.15, 0.2) is 78.9 Å². The van der Waals surface area contributed by atoms with Crippen molar-refractivity contribution in [1.29, 1.82) is 0 Å². The zero-order valence-electron chi connectivity index (χ0n) is 22.1. The van der Waals surface area contributed by atoms with Crippen molar-refractivity contribution >= 4 is 11.8 Å². The van der Waals surface area contributed by atoms with Gasteiger partial charge in [0, 0.05) is 19.5 Å². The lowest BCUT2D eigenvalue weighted by molar-refractivity contribution is -0.141. The number of carbonyl (C=O) groups excluding carboxylic acids is 2. The van der Waals surface area contributed by atoms with E-state index >= 15 is 0 Å².